The van der Waals surface area contributed by atoms with Gasteiger partial charge in [-0.2, -0.15) is 0 Å². The summed E-state index contributed by atoms with van der Waals surface area (Å²) < 4.78 is 4.89. The number of carbonyl (C=O) groups is 1. The fourth-order valence-corrected chi connectivity index (χ4v) is 0.912. The van der Waals surface area contributed by atoms with Crippen LogP contribution in [0.1, 0.15) is 10.4 Å². The molecule has 0 radical (unpaired) electrons. The third kappa shape index (κ3) is 1.65. The molecule has 0 spiro atoms. The molecule has 0 saturated carbocycles. The number of esters is 1. The van der Waals surface area contributed by atoms with Gasteiger partial charge in [0.25, 0.3) is 0 Å². The van der Waals surface area contributed by atoms with Crippen LogP contribution in [0.2, 0.25) is 0 Å². The number of carbonyl (C=O) groups excluding carboxylic acids is 1. The summed E-state index contributed by atoms with van der Waals surface area (Å²) in [5, 5.41) is 0. The highest BCUT2D eigenvalue weighted by atomic mass is 32.1. The zero-order valence-electron chi connectivity index (χ0n) is 5.96. The maximum absolute atomic E-state index is 10.9. The fraction of sp³-hybridized carbons (Fsp3) is 0.143. The molecule has 0 atom stereocenters. The lowest BCUT2D eigenvalue weighted by atomic mass is 10.3. The Morgan fingerprint density at radius 2 is 2.45 bits per heavy atom. The Morgan fingerprint density at radius 1 is 1.73 bits per heavy atom. The predicted octanol–water partition coefficient (Wildman–Crippen LogP) is 1.53. The Labute approximate surface area is 69.0 Å². The van der Waals surface area contributed by atoms with Gasteiger partial charge in [-0.05, 0) is 12.1 Å². The lowest BCUT2D eigenvalue weighted by Gasteiger charge is -1.96. The van der Waals surface area contributed by atoms with Crippen LogP contribution in [-0.4, -0.2) is 18.1 Å². The van der Waals surface area contributed by atoms with Crippen LogP contribution in [0.4, 0.5) is 0 Å². The van der Waals surface area contributed by atoms with Crippen molar-refractivity contribution in [2.24, 2.45) is 0 Å². The molecule has 0 bridgehead atoms. The van der Waals surface area contributed by atoms with Crippen molar-refractivity contribution in [1.29, 1.82) is 0 Å². The van der Waals surface area contributed by atoms with Crippen LogP contribution in [0.3, 0.4) is 0 Å². The van der Waals surface area contributed by atoms with Gasteiger partial charge in [-0.1, -0.05) is 12.2 Å². The van der Waals surface area contributed by atoms with E-state index in [4.69, 9.17) is 12.2 Å². The Bertz CT molecular complexity index is 318. The summed E-state index contributed by atoms with van der Waals surface area (Å²) in [7, 11) is 1.32. The number of ether oxygens (including phenoxy) is 1. The number of hydrogen-bond donors (Lipinski definition) is 1. The number of hydrogen-bond acceptors (Lipinski definition) is 3. The van der Waals surface area contributed by atoms with Crippen molar-refractivity contribution in [1.82, 2.24) is 4.98 Å². The van der Waals surface area contributed by atoms with Crippen LogP contribution in [0.15, 0.2) is 18.3 Å². The van der Waals surface area contributed by atoms with Gasteiger partial charge in [0.15, 0.2) is 0 Å². The van der Waals surface area contributed by atoms with E-state index in [2.05, 4.69) is 9.72 Å². The molecule has 1 aromatic rings. The monoisotopic (exact) mass is 169 g/mol. The summed E-state index contributed by atoms with van der Waals surface area (Å²) in [6.07, 6.45) is 1.66. The molecule has 4 heteroatoms. The zero-order valence-corrected chi connectivity index (χ0v) is 6.77. The number of aromatic nitrogens is 1. The Morgan fingerprint density at radius 3 is 3.00 bits per heavy atom. The van der Waals surface area contributed by atoms with Crippen molar-refractivity contribution in [3.8, 4) is 0 Å². The molecule has 1 heterocycles. The number of rotatable bonds is 1. The van der Waals surface area contributed by atoms with Crippen LogP contribution >= 0.6 is 12.2 Å². The first kappa shape index (κ1) is 7.94. The molecule has 0 fully saturated rings. The fourth-order valence-electron chi connectivity index (χ4n) is 0.692. The van der Waals surface area contributed by atoms with Gasteiger partial charge in [-0.25, -0.2) is 4.79 Å². The molecule has 58 valence electrons. The number of H-pyrrole nitrogens is 1. The van der Waals surface area contributed by atoms with E-state index in [1.165, 1.54) is 7.11 Å². The quantitative estimate of drug-likeness (QED) is 0.512. The average molecular weight is 169 g/mol. The van der Waals surface area contributed by atoms with Gasteiger partial charge in [0.1, 0.15) is 4.64 Å². The normalized spacial score (nSPS) is 9.18. The van der Waals surface area contributed by atoms with Crippen LogP contribution in [0, 0.1) is 4.64 Å². The van der Waals surface area contributed by atoms with E-state index in [-0.39, 0.29) is 0 Å². The summed E-state index contributed by atoms with van der Waals surface area (Å²) >= 11 is 4.84. The maximum atomic E-state index is 10.9. The molecule has 3 nitrogen and oxygen atoms in total. The summed E-state index contributed by atoms with van der Waals surface area (Å²) in [6.45, 7) is 0. The highest BCUT2D eigenvalue weighted by Crippen LogP contribution is 2.00. The molecule has 1 aromatic heterocycles. The van der Waals surface area contributed by atoms with Crippen molar-refractivity contribution in [3.05, 3.63) is 28.5 Å². The molecule has 1 N–H and O–H groups in total. The molecule has 0 aromatic carbocycles. The second-order valence-electron chi connectivity index (χ2n) is 1.90. The second kappa shape index (κ2) is 3.30. The van der Waals surface area contributed by atoms with Gasteiger partial charge in [-0.15, -0.1) is 0 Å². The minimum Gasteiger partial charge on any atom is -0.465 e. The van der Waals surface area contributed by atoms with Crippen molar-refractivity contribution in [3.63, 3.8) is 0 Å². The third-order valence-corrected chi connectivity index (χ3v) is 1.56. The Kier molecular flexibility index (Phi) is 2.38. The minimum absolute atomic E-state index is 0.394. The topological polar surface area (TPSA) is 42.1 Å². The molecule has 1 rings (SSSR count). The molecular formula is C7H7NO2S. The number of pyridine rings is 1. The van der Waals surface area contributed by atoms with E-state index < -0.39 is 5.97 Å². The van der Waals surface area contributed by atoms with Gasteiger partial charge >= 0.3 is 5.97 Å². The first-order valence-corrected chi connectivity index (χ1v) is 3.42. The first-order valence-electron chi connectivity index (χ1n) is 3.01. The number of aromatic amines is 1. The number of methoxy groups -OCH3 is 1. The van der Waals surface area contributed by atoms with Crippen LogP contribution < -0.4 is 0 Å². The van der Waals surface area contributed by atoms with Crippen LogP contribution in [0.25, 0.3) is 0 Å². The zero-order chi connectivity index (χ0) is 8.27. The highest BCUT2D eigenvalue weighted by Gasteiger charge is 2.04. The number of nitrogens with one attached hydrogen (secondary N) is 1. The van der Waals surface area contributed by atoms with Gasteiger partial charge in [-0.3, -0.25) is 0 Å². The van der Waals surface area contributed by atoms with Crippen molar-refractivity contribution in [2.45, 2.75) is 0 Å². The van der Waals surface area contributed by atoms with E-state index >= 15 is 0 Å². The van der Waals surface area contributed by atoms with Gasteiger partial charge in [0.05, 0.1) is 12.7 Å². The van der Waals surface area contributed by atoms with Crippen LogP contribution in [-0.2, 0) is 4.74 Å². The largest absolute Gasteiger partial charge is 0.465 e. The van der Waals surface area contributed by atoms with E-state index in [1.807, 2.05) is 0 Å². The highest BCUT2D eigenvalue weighted by molar-refractivity contribution is 7.71. The van der Waals surface area contributed by atoms with E-state index in [0.29, 0.717) is 10.2 Å². The standard InChI is InChI=1S/C7H7NO2S/c1-10-7(9)5-3-2-4-8-6(5)11/h2-4H,1H3,(H,8,11). The van der Waals surface area contributed by atoms with E-state index in [9.17, 15) is 4.79 Å². The maximum Gasteiger partial charge on any atom is 0.340 e. The lowest BCUT2D eigenvalue weighted by molar-refractivity contribution is 0.0599. The first-order chi connectivity index (χ1) is 5.25. The molecular weight excluding hydrogens is 162 g/mol. The summed E-state index contributed by atoms with van der Waals surface area (Å²) in [5.41, 5.74) is 0.394. The molecule has 0 aliphatic heterocycles. The van der Waals surface area contributed by atoms with Crippen molar-refractivity contribution < 1.29 is 9.53 Å². The van der Waals surface area contributed by atoms with Crippen molar-refractivity contribution in [2.75, 3.05) is 7.11 Å². The van der Waals surface area contributed by atoms with E-state index in [0.717, 1.165) is 0 Å². The van der Waals surface area contributed by atoms with Gasteiger partial charge in [0.2, 0.25) is 0 Å². The lowest BCUT2D eigenvalue weighted by Crippen LogP contribution is -2.02. The SMILES string of the molecule is COC(=O)c1ccc[nH]c1=S. The minimum atomic E-state index is -0.410. The van der Waals surface area contributed by atoms with Gasteiger partial charge in [0, 0.05) is 6.20 Å². The van der Waals surface area contributed by atoms with Crippen molar-refractivity contribution >= 4 is 18.2 Å². The molecule has 0 aliphatic carbocycles. The molecule has 0 amide bonds. The molecule has 0 aliphatic rings. The summed E-state index contributed by atoms with van der Waals surface area (Å²) in [4.78, 5) is 13.7. The van der Waals surface area contributed by atoms with Gasteiger partial charge < -0.3 is 9.72 Å². The predicted molar refractivity (Wildman–Crippen MR) is 43.0 cm³/mol. The van der Waals surface area contributed by atoms with E-state index in [1.54, 1.807) is 18.3 Å². The molecule has 11 heavy (non-hydrogen) atoms. The Hall–Kier alpha value is -1.16. The molecule has 0 unspecified atom stereocenters. The average Bonchev–Trinajstić information content (AvgIpc) is 2.04. The summed E-state index contributed by atoms with van der Waals surface area (Å²) in [6, 6.07) is 3.31. The molecule has 0 saturated heterocycles. The second-order valence-corrected chi connectivity index (χ2v) is 2.31. The summed E-state index contributed by atoms with van der Waals surface area (Å²) in [5.74, 6) is -0.410. The third-order valence-electron chi connectivity index (χ3n) is 1.22. The van der Waals surface area contributed by atoms with Crippen LogP contribution in [0.5, 0.6) is 0 Å². The smallest absolute Gasteiger partial charge is 0.340 e. The Balaban J connectivity index is 3.14.